The zero-order valence-electron chi connectivity index (χ0n) is 12.8. The molecule has 0 fully saturated rings. The third kappa shape index (κ3) is 4.87. The van der Waals surface area contributed by atoms with E-state index in [1.165, 1.54) is 11.1 Å². The van der Waals surface area contributed by atoms with Crippen LogP contribution in [0.3, 0.4) is 0 Å². The summed E-state index contributed by atoms with van der Waals surface area (Å²) in [5.41, 5.74) is 2.61. The average Bonchev–Trinajstić information content (AvgIpc) is 2.48. The first-order chi connectivity index (χ1) is 10.1. The monoisotopic (exact) mass is 347 g/mol. The number of benzene rings is 2. The lowest BCUT2D eigenvalue weighted by molar-refractivity contribution is 0.414. The van der Waals surface area contributed by atoms with Crippen LogP contribution >= 0.6 is 15.9 Å². The standard InChI is InChI=1S/C18H22BrNO/c1-13(11-15-7-9-18(21-3)10-8-15)20-14(2)16-5-4-6-17(19)12-16/h4-10,12-14,20H,11H2,1-3H3. The van der Waals surface area contributed by atoms with Gasteiger partial charge < -0.3 is 10.1 Å². The van der Waals surface area contributed by atoms with Gasteiger partial charge >= 0.3 is 0 Å². The smallest absolute Gasteiger partial charge is 0.118 e. The summed E-state index contributed by atoms with van der Waals surface area (Å²) < 4.78 is 6.31. The van der Waals surface area contributed by atoms with Crippen LogP contribution in [-0.4, -0.2) is 13.2 Å². The molecule has 2 aromatic carbocycles. The molecule has 112 valence electrons. The normalized spacial score (nSPS) is 13.7. The van der Waals surface area contributed by atoms with Crippen LogP contribution in [0, 0.1) is 0 Å². The number of hydrogen-bond donors (Lipinski definition) is 1. The predicted octanol–water partition coefficient (Wildman–Crippen LogP) is 4.74. The summed E-state index contributed by atoms with van der Waals surface area (Å²) in [5, 5.41) is 3.65. The van der Waals surface area contributed by atoms with Gasteiger partial charge in [0.05, 0.1) is 7.11 Å². The van der Waals surface area contributed by atoms with Gasteiger partial charge in [-0.2, -0.15) is 0 Å². The third-order valence-corrected chi connectivity index (χ3v) is 4.08. The van der Waals surface area contributed by atoms with Crippen LogP contribution in [0.1, 0.15) is 31.0 Å². The summed E-state index contributed by atoms with van der Waals surface area (Å²) in [4.78, 5) is 0. The molecule has 0 saturated heterocycles. The maximum atomic E-state index is 5.19. The Kier molecular flexibility index (Phi) is 5.83. The molecule has 2 atom stereocenters. The number of rotatable bonds is 6. The van der Waals surface area contributed by atoms with Crippen molar-refractivity contribution in [3.63, 3.8) is 0 Å². The molecular formula is C18H22BrNO. The van der Waals surface area contributed by atoms with Gasteiger partial charge in [-0.05, 0) is 55.7 Å². The molecule has 1 N–H and O–H groups in total. The molecule has 0 heterocycles. The summed E-state index contributed by atoms with van der Waals surface area (Å²) in [5.74, 6) is 0.905. The third-order valence-electron chi connectivity index (χ3n) is 3.58. The zero-order chi connectivity index (χ0) is 15.2. The molecule has 0 aliphatic heterocycles. The van der Waals surface area contributed by atoms with Crippen LogP contribution in [0.15, 0.2) is 53.0 Å². The predicted molar refractivity (Wildman–Crippen MR) is 91.9 cm³/mol. The van der Waals surface area contributed by atoms with Crippen molar-refractivity contribution >= 4 is 15.9 Å². The lowest BCUT2D eigenvalue weighted by Gasteiger charge is -2.21. The average molecular weight is 348 g/mol. The van der Waals surface area contributed by atoms with Crippen LogP contribution in [-0.2, 0) is 6.42 Å². The van der Waals surface area contributed by atoms with E-state index in [0.29, 0.717) is 12.1 Å². The van der Waals surface area contributed by atoms with Gasteiger partial charge in [-0.15, -0.1) is 0 Å². The molecule has 0 aliphatic rings. The van der Waals surface area contributed by atoms with Crippen LogP contribution < -0.4 is 10.1 Å². The quantitative estimate of drug-likeness (QED) is 0.814. The highest BCUT2D eigenvalue weighted by atomic mass is 79.9. The molecule has 2 unspecified atom stereocenters. The van der Waals surface area contributed by atoms with Crippen molar-refractivity contribution in [1.29, 1.82) is 0 Å². The van der Waals surface area contributed by atoms with Gasteiger partial charge in [-0.25, -0.2) is 0 Å². The van der Waals surface area contributed by atoms with Crippen LogP contribution in [0.25, 0.3) is 0 Å². The zero-order valence-corrected chi connectivity index (χ0v) is 14.4. The van der Waals surface area contributed by atoms with Crippen molar-refractivity contribution in [1.82, 2.24) is 5.32 Å². The fraction of sp³-hybridized carbons (Fsp3) is 0.333. The van der Waals surface area contributed by atoms with E-state index in [9.17, 15) is 0 Å². The molecule has 2 nitrogen and oxygen atoms in total. The summed E-state index contributed by atoms with van der Waals surface area (Å²) in [6.07, 6.45) is 1.00. The summed E-state index contributed by atoms with van der Waals surface area (Å²) >= 11 is 3.52. The van der Waals surface area contributed by atoms with E-state index in [1.54, 1.807) is 7.11 Å². The molecule has 2 rings (SSSR count). The van der Waals surface area contributed by atoms with Crippen molar-refractivity contribution in [3.8, 4) is 5.75 Å². The van der Waals surface area contributed by atoms with E-state index in [2.05, 4.69) is 71.5 Å². The second-order valence-electron chi connectivity index (χ2n) is 5.40. The fourth-order valence-corrected chi connectivity index (χ4v) is 2.89. The van der Waals surface area contributed by atoms with Crippen molar-refractivity contribution in [2.24, 2.45) is 0 Å². The highest BCUT2D eigenvalue weighted by molar-refractivity contribution is 9.10. The second kappa shape index (κ2) is 7.62. The summed E-state index contributed by atoms with van der Waals surface area (Å²) in [7, 11) is 1.69. The van der Waals surface area contributed by atoms with Crippen molar-refractivity contribution in [2.45, 2.75) is 32.4 Å². The van der Waals surface area contributed by atoms with E-state index < -0.39 is 0 Å². The Labute approximate surface area is 135 Å². The Hall–Kier alpha value is -1.32. The minimum absolute atomic E-state index is 0.329. The Bertz CT molecular complexity index is 568. The topological polar surface area (TPSA) is 21.3 Å². The maximum Gasteiger partial charge on any atom is 0.118 e. The van der Waals surface area contributed by atoms with Gasteiger partial charge in [0.1, 0.15) is 5.75 Å². The number of methoxy groups -OCH3 is 1. The number of hydrogen-bond acceptors (Lipinski definition) is 2. The molecule has 3 heteroatoms. The molecule has 0 amide bonds. The Morgan fingerprint density at radius 1 is 1.10 bits per heavy atom. The first kappa shape index (κ1) is 16.1. The van der Waals surface area contributed by atoms with Crippen molar-refractivity contribution in [2.75, 3.05) is 7.11 Å². The van der Waals surface area contributed by atoms with Gasteiger partial charge in [-0.1, -0.05) is 40.2 Å². The highest BCUT2D eigenvalue weighted by Crippen LogP contribution is 2.19. The minimum Gasteiger partial charge on any atom is -0.497 e. The number of ether oxygens (including phenoxy) is 1. The number of halogens is 1. The van der Waals surface area contributed by atoms with Crippen LogP contribution in [0.5, 0.6) is 5.75 Å². The summed E-state index contributed by atoms with van der Waals surface area (Å²) in [6.45, 7) is 4.42. The van der Waals surface area contributed by atoms with Gasteiger partial charge in [0.25, 0.3) is 0 Å². The van der Waals surface area contributed by atoms with Crippen molar-refractivity contribution in [3.05, 3.63) is 64.1 Å². The Balaban J connectivity index is 1.92. The molecule has 0 bridgehead atoms. The lowest BCUT2D eigenvalue weighted by atomic mass is 10.0. The molecule has 0 aromatic heterocycles. The first-order valence-electron chi connectivity index (χ1n) is 7.23. The van der Waals surface area contributed by atoms with Gasteiger partial charge in [0.15, 0.2) is 0 Å². The molecule has 2 aromatic rings. The van der Waals surface area contributed by atoms with Crippen LogP contribution in [0.4, 0.5) is 0 Å². The van der Waals surface area contributed by atoms with E-state index in [-0.39, 0.29) is 0 Å². The molecule has 0 saturated carbocycles. The SMILES string of the molecule is COc1ccc(CC(C)NC(C)c2cccc(Br)c2)cc1. The highest BCUT2D eigenvalue weighted by Gasteiger charge is 2.10. The maximum absolute atomic E-state index is 5.19. The van der Waals surface area contributed by atoms with Crippen molar-refractivity contribution < 1.29 is 4.74 Å². The van der Waals surface area contributed by atoms with E-state index in [0.717, 1.165) is 16.6 Å². The lowest BCUT2D eigenvalue weighted by Crippen LogP contribution is -2.30. The minimum atomic E-state index is 0.329. The summed E-state index contributed by atoms with van der Waals surface area (Å²) in [6, 6.07) is 17.5. The first-order valence-corrected chi connectivity index (χ1v) is 8.02. The van der Waals surface area contributed by atoms with E-state index in [4.69, 9.17) is 4.74 Å². The molecule has 21 heavy (non-hydrogen) atoms. The second-order valence-corrected chi connectivity index (χ2v) is 6.31. The van der Waals surface area contributed by atoms with E-state index in [1.807, 2.05) is 12.1 Å². The Morgan fingerprint density at radius 3 is 2.43 bits per heavy atom. The Morgan fingerprint density at radius 2 is 1.81 bits per heavy atom. The molecule has 0 radical (unpaired) electrons. The number of nitrogens with one attached hydrogen (secondary N) is 1. The van der Waals surface area contributed by atoms with Crippen LogP contribution in [0.2, 0.25) is 0 Å². The van der Waals surface area contributed by atoms with Gasteiger partial charge in [-0.3, -0.25) is 0 Å². The largest absolute Gasteiger partial charge is 0.497 e. The fourth-order valence-electron chi connectivity index (χ4n) is 2.47. The molecule has 0 aliphatic carbocycles. The molecular weight excluding hydrogens is 326 g/mol. The molecule has 0 spiro atoms. The van der Waals surface area contributed by atoms with Gasteiger partial charge in [0, 0.05) is 16.6 Å². The van der Waals surface area contributed by atoms with E-state index >= 15 is 0 Å². The van der Waals surface area contributed by atoms with Gasteiger partial charge in [0.2, 0.25) is 0 Å².